The minimum atomic E-state index is -0.701. The summed E-state index contributed by atoms with van der Waals surface area (Å²) >= 11 is 0. The highest BCUT2D eigenvalue weighted by atomic mass is 16.4. The standard InChI is InChI=1S/C12H24N2O2/c1-5-14-7-10(6-11(15)16)13(4)8-12(2,3)9-14/h10H,5-9H2,1-4H3,(H,15,16). The molecule has 0 bridgehead atoms. The number of carbonyl (C=O) groups is 1. The van der Waals surface area contributed by atoms with Crippen molar-refractivity contribution in [2.75, 3.05) is 33.2 Å². The number of hydrogen-bond acceptors (Lipinski definition) is 3. The van der Waals surface area contributed by atoms with Gasteiger partial charge in [0.25, 0.3) is 0 Å². The van der Waals surface area contributed by atoms with E-state index in [-0.39, 0.29) is 17.9 Å². The fourth-order valence-corrected chi connectivity index (χ4v) is 2.62. The third-order valence-electron chi connectivity index (χ3n) is 3.28. The van der Waals surface area contributed by atoms with E-state index >= 15 is 0 Å². The smallest absolute Gasteiger partial charge is 0.304 e. The molecule has 0 amide bonds. The van der Waals surface area contributed by atoms with Crippen LogP contribution in [0.4, 0.5) is 0 Å². The molecule has 1 N–H and O–H groups in total. The van der Waals surface area contributed by atoms with Gasteiger partial charge in [0.15, 0.2) is 0 Å². The van der Waals surface area contributed by atoms with Gasteiger partial charge in [0.2, 0.25) is 0 Å². The lowest BCUT2D eigenvalue weighted by Gasteiger charge is -2.29. The highest BCUT2D eigenvalue weighted by Gasteiger charge is 2.32. The Labute approximate surface area is 98.2 Å². The highest BCUT2D eigenvalue weighted by Crippen LogP contribution is 2.24. The van der Waals surface area contributed by atoms with Crippen LogP contribution >= 0.6 is 0 Å². The topological polar surface area (TPSA) is 43.8 Å². The van der Waals surface area contributed by atoms with Gasteiger partial charge in [-0.2, -0.15) is 0 Å². The van der Waals surface area contributed by atoms with E-state index in [0.717, 1.165) is 26.2 Å². The molecule has 0 aromatic heterocycles. The molecular weight excluding hydrogens is 204 g/mol. The van der Waals surface area contributed by atoms with Gasteiger partial charge >= 0.3 is 5.97 Å². The maximum Gasteiger partial charge on any atom is 0.304 e. The molecule has 0 aliphatic carbocycles. The van der Waals surface area contributed by atoms with E-state index in [1.807, 2.05) is 7.05 Å². The molecule has 1 aliphatic rings. The molecule has 4 heteroatoms. The molecule has 1 fully saturated rings. The van der Waals surface area contributed by atoms with Crippen LogP contribution in [0.2, 0.25) is 0 Å². The van der Waals surface area contributed by atoms with Crippen LogP contribution in [-0.2, 0) is 4.79 Å². The van der Waals surface area contributed by atoms with Gasteiger partial charge in [0, 0.05) is 25.7 Å². The van der Waals surface area contributed by atoms with Gasteiger partial charge < -0.3 is 14.9 Å². The van der Waals surface area contributed by atoms with Crippen molar-refractivity contribution in [1.82, 2.24) is 9.80 Å². The molecule has 16 heavy (non-hydrogen) atoms. The third-order valence-corrected chi connectivity index (χ3v) is 3.28. The summed E-state index contributed by atoms with van der Waals surface area (Å²) in [5, 5.41) is 8.92. The third kappa shape index (κ3) is 3.76. The van der Waals surface area contributed by atoms with Crippen LogP contribution in [0.1, 0.15) is 27.2 Å². The Morgan fingerprint density at radius 2 is 2.06 bits per heavy atom. The second-order valence-corrected chi connectivity index (χ2v) is 5.66. The van der Waals surface area contributed by atoms with Crippen LogP contribution in [0.15, 0.2) is 0 Å². The largest absolute Gasteiger partial charge is 0.481 e. The lowest BCUT2D eigenvalue weighted by atomic mass is 9.92. The molecule has 1 aliphatic heterocycles. The van der Waals surface area contributed by atoms with Crippen LogP contribution in [-0.4, -0.2) is 60.1 Å². The predicted octanol–water partition coefficient (Wildman–Crippen LogP) is 1.12. The molecule has 0 aromatic rings. The van der Waals surface area contributed by atoms with Gasteiger partial charge in [0.1, 0.15) is 0 Å². The zero-order chi connectivity index (χ0) is 12.3. The second-order valence-electron chi connectivity index (χ2n) is 5.66. The monoisotopic (exact) mass is 228 g/mol. The summed E-state index contributed by atoms with van der Waals surface area (Å²) in [4.78, 5) is 15.4. The molecule has 1 rings (SSSR count). The number of nitrogens with zero attached hydrogens (tertiary/aromatic N) is 2. The Kier molecular flexibility index (Phi) is 4.33. The fraction of sp³-hybridized carbons (Fsp3) is 0.917. The van der Waals surface area contributed by atoms with Crippen LogP contribution in [0.5, 0.6) is 0 Å². The average molecular weight is 228 g/mol. The van der Waals surface area contributed by atoms with Crippen LogP contribution in [0.3, 0.4) is 0 Å². The molecule has 1 heterocycles. The van der Waals surface area contributed by atoms with Crippen molar-refractivity contribution in [1.29, 1.82) is 0 Å². The zero-order valence-electron chi connectivity index (χ0n) is 10.9. The van der Waals surface area contributed by atoms with Crippen molar-refractivity contribution in [3.8, 4) is 0 Å². The number of hydrogen-bond donors (Lipinski definition) is 1. The predicted molar refractivity (Wildman–Crippen MR) is 64.6 cm³/mol. The Morgan fingerprint density at radius 1 is 1.44 bits per heavy atom. The molecule has 0 radical (unpaired) electrons. The fourth-order valence-electron chi connectivity index (χ4n) is 2.62. The molecule has 1 saturated heterocycles. The van der Waals surface area contributed by atoms with Crippen LogP contribution < -0.4 is 0 Å². The Morgan fingerprint density at radius 3 is 2.56 bits per heavy atom. The molecule has 4 nitrogen and oxygen atoms in total. The van der Waals surface area contributed by atoms with Crippen molar-refractivity contribution < 1.29 is 9.90 Å². The van der Waals surface area contributed by atoms with Crippen molar-refractivity contribution in [2.24, 2.45) is 5.41 Å². The Bertz CT molecular complexity index is 253. The maximum absolute atomic E-state index is 10.8. The van der Waals surface area contributed by atoms with Crippen molar-refractivity contribution >= 4 is 5.97 Å². The zero-order valence-corrected chi connectivity index (χ0v) is 10.9. The minimum Gasteiger partial charge on any atom is -0.481 e. The second kappa shape index (κ2) is 5.15. The molecule has 0 spiro atoms. The van der Waals surface area contributed by atoms with E-state index in [0.29, 0.717) is 0 Å². The molecule has 1 unspecified atom stereocenters. The van der Waals surface area contributed by atoms with Crippen LogP contribution in [0, 0.1) is 5.41 Å². The van der Waals surface area contributed by atoms with E-state index in [9.17, 15) is 4.79 Å². The van der Waals surface area contributed by atoms with E-state index in [1.54, 1.807) is 0 Å². The van der Waals surface area contributed by atoms with Gasteiger partial charge in [-0.3, -0.25) is 4.79 Å². The van der Waals surface area contributed by atoms with Crippen molar-refractivity contribution in [3.05, 3.63) is 0 Å². The number of rotatable bonds is 3. The van der Waals surface area contributed by atoms with Gasteiger partial charge in [-0.1, -0.05) is 20.8 Å². The first kappa shape index (κ1) is 13.5. The Balaban J connectivity index is 2.74. The van der Waals surface area contributed by atoms with Crippen LogP contribution in [0.25, 0.3) is 0 Å². The molecule has 94 valence electrons. The minimum absolute atomic E-state index is 0.138. The van der Waals surface area contributed by atoms with E-state index in [1.165, 1.54) is 0 Å². The van der Waals surface area contributed by atoms with E-state index < -0.39 is 5.97 Å². The first-order chi connectivity index (χ1) is 7.34. The average Bonchev–Trinajstić information content (AvgIpc) is 2.22. The summed E-state index contributed by atoms with van der Waals surface area (Å²) in [6.45, 7) is 10.5. The summed E-state index contributed by atoms with van der Waals surface area (Å²) < 4.78 is 0. The number of carboxylic acid groups (broad SMARTS) is 1. The highest BCUT2D eigenvalue weighted by molar-refractivity contribution is 5.67. The first-order valence-electron chi connectivity index (χ1n) is 5.98. The van der Waals surface area contributed by atoms with E-state index in [4.69, 9.17) is 5.11 Å². The summed E-state index contributed by atoms with van der Waals surface area (Å²) in [7, 11) is 2.04. The first-order valence-corrected chi connectivity index (χ1v) is 5.98. The lowest BCUT2D eigenvalue weighted by molar-refractivity contribution is -0.138. The normalized spacial score (nSPS) is 27.6. The van der Waals surface area contributed by atoms with Crippen molar-refractivity contribution in [3.63, 3.8) is 0 Å². The van der Waals surface area contributed by atoms with Gasteiger partial charge in [-0.25, -0.2) is 0 Å². The SMILES string of the molecule is CCN1CC(CC(=O)O)N(C)CC(C)(C)C1. The number of aliphatic carboxylic acids is 1. The van der Waals surface area contributed by atoms with Crippen molar-refractivity contribution in [2.45, 2.75) is 33.2 Å². The summed E-state index contributed by atoms with van der Waals surface area (Å²) in [6, 6.07) is 0.138. The number of carboxylic acids is 1. The lowest BCUT2D eigenvalue weighted by Crippen LogP contribution is -2.40. The molecular formula is C12H24N2O2. The summed E-state index contributed by atoms with van der Waals surface area (Å²) in [6.07, 6.45) is 0.239. The molecule has 0 aromatic carbocycles. The summed E-state index contributed by atoms with van der Waals surface area (Å²) in [5.74, 6) is -0.701. The number of likely N-dealkylation sites (N-methyl/N-ethyl adjacent to an activating group) is 2. The summed E-state index contributed by atoms with van der Waals surface area (Å²) in [5.41, 5.74) is 0.234. The maximum atomic E-state index is 10.8. The quantitative estimate of drug-likeness (QED) is 0.786. The Hall–Kier alpha value is -0.610. The molecule has 1 atom stereocenters. The van der Waals surface area contributed by atoms with Gasteiger partial charge in [-0.05, 0) is 19.0 Å². The molecule has 0 saturated carbocycles. The van der Waals surface area contributed by atoms with Gasteiger partial charge in [-0.15, -0.1) is 0 Å². The van der Waals surface area contributed by atoms with Gasteiger partial charge in [0.05, 0.1) is 6.42 Å². The van der Waals surface area contributed by atoms with E-state index in [2.05, 4.69) is 30.6 Å².